The standard InChI is InChI=1S/C13H22N4O3S/c1-10-14-13(20-15-10)11-5-4-8-17(9-11)21(18,19)16-12-6-2-3-7-12/h11-12,16H,2-9H2,1H3/t11-/m1/s1. The SMILES string of the molecule is Cc1noc([C@@H]2CCCN(S(=O)(=O)NC3CCCC3)C2)n1. The van der Waals surface area contributed by atoms with Crippen LogP contribution in [0.3, 0.4) is 0 Å². The van der Waals surface area contributed by atoms with E-state index in [2.05, 4.69) is 14.9 Å². The minimum atomic E-state index is -3.41. The summed E-state index contributed by atoms with van der Waals surface area (Å²) in [5.74, 6) is 1.14. The van der Waals surface area contributed by atoms with Crippen LogP contribution in [0.15, 0.2) is 4.52 Å². The number of piperidine rings is 1. The maximum absolute atomic E-state index is 12.5. The molecule has 0 spiro atoms. The van der Waals surface area contributed by atoms with Gasteiger partial charge in [-0.25, -0.2) is 0 Å². The first-order chi connectivity index (χ1) is 10.0. The van der Waals surface area contributed by atoms with Crippen LogP contribution < -0.4 is 4.72 Å². The molecule has 0 unspecified atom stereocenters. The van der Waals surface area contributed by atoms with Crippen molar-refractivity contribution in [3.63, 3.8) is 0 Å². The van der Waals surface area contributed by atoms with Crippen LogP contribution >= 0.6 is 0 Å². The Morgan fingerprint density at radius 2 is 2.00 bits per heavy atom. The molecule has 1 atom stereocenters. The van der Waals surface area contributed by atoms with Gasteiger partial charge in [-0.2, -0.15) is 22.4 Å². The molecule has 1 aliphatic heterocycles. The van der Waals surface area contributed by atoms with Crippen molar-refractivity contribution in [1.82, 2.24) is 19.2 Å². The summed E-state index contributed by atoms with van der Waals surface area (Å²) < 4.78 is 34.5. The highest BCUT2D eigenvalue weighted by atomic mass is 32.2. The van der Waals surface area contributed by atoms with E-state index in [1.165, 1.54) is 4.31 Å². The Balaban J connectivity index is 1.67. The summed E-state index contributed by atoms with van der Waals surface area (Å²) >= 11 is 0. The lowest BCUT2D eigenvalue weighted by molar-refractivity contribution is 0.262. The minimum Gasteiger partial charge on any atom is -0.339 e. The van der Waals surface area contributed by atoms with E-state index < -0.39 is 10.2 Å². The fourth-order valence-corrected chi connectivity index (χ4v) is 4.72. The molecule has 118 valence electrons. The highest BCUT2D eigenvalue weighted by Gasteiger charge is 2.33. The third-order valence-electron chi connectivity index (χ3n) is 4.29. The first-order valence-corrected chi connectivity index (χ1v) is 9.06. The van der Waals surface area contributed by atoms with Crippen LogP contribution in [0.5, 0.6) is 0 Å². The number of nitrogens with one attached hydrogen (secondary N) is 1. The molecule has 21 heavy (non-hydrogen) atoms. The molecule has 2 fully saturated rings. The fraction of sp³-hybridized carbons (Fsp3) is 0.846. The zero-order chi connectivity index (χ0) is 14.9. The molecular weight excluding hydrogens is 292 g/mol. The molecule has 1 aromatic heterocycles. The van der Waals surface area contributed by atoms with Gasteiger partial charge in [-0.05, 0) is 32.6 Å². The second-order valence-electron chi connectivity index (χ2n) is 5.98. The van der Waals surface area contributed by atoms with Crippen molar-refractivity contribution in [3.05, 3.63) is 11.7 Å². The molecule has 1 N–H and O–H groups in total. The van der Waals surface area contributed by atoms with Gasteiger partial charge in [0.2, 0.25) is 5.89 Å². The molecule has 0 aromatic carbocycles. The van der Waals surface area contributed by atoms with E-state index >= 15 is 0 Å². The van der Waals surface area contributed by atoms with Gasteiger partial charge >= 0.3 is 0 Å². The zero-order valence-electron chi connectivity index (χ0n) is 12.3. The molecule has 0 radical (unpaired) electrons. The molecule has 1 aromatic rings. The van der Waals surface area contributed by atoms with Gasteiger partial charge in [-0.3, -0.25) is 0 Å². The molecule has 3 rings (SSSR count). The predicted octanol–water partition coefficient (Wildman–Crippen LogP) is 1.33. The number of nitrogens with zero attached hydrogens (tertiary/aromatic N) is 3. The molecule has 1 saturated heterocycles. The van der Waals surface area contributed by atoms with Gasteiger partial charge in [0.1, 0.15) is 0 Å². The lowest BCUT2D eigenvalue weighted by Gasteiger charge is -2.31. The Morgan fingerprint density at radius 1 is 1.24 bits per heavy atom. The summed E-state index contributed by atoms with van der Waals surface area (Å²) in [6, 6.07) is 0.0982. The van der Waals surface area contributed by atoms with E-state index in [0.717, 1.165) is 38.5 Å². The number of aryl methyl sites for hydroxylation is 1. The molecule has 1 aliphatic carbocycles. The summed E-state index contributed by atoms with van der Waals surface area (Å²) in [4.78, 5) is 4.23. The normalized spacial score (nSPS) is 25.5. The van der Waals surface area contributed by atoms with Crippen molar-refractivity contribution in [2.45, 2.75) is 57.4 Å². The smallest absolute Gasteiger partial charge is 0.279 e. The highest BCUT2D eigenvalue weighted by Crippen LogP contribution is 2.27. The first-order valence-electron chi connectivity index (χ1n) is 7.62. The maximum atomic E-state index is 12.5. The summed E-state index contributed by atoms with van der Waals surface area (Å²) in [6.07, 6.45) is 5.81. The van der Waals surface area contributed by atoms with E-state index in [4.69, 9.17) is 4.52 Å². The van der Waals surface area contributed by atoms with Gasteiger partial charge in [0.15, 0.2) is 5.82 Å². The summed E-state index contributed by atoms with van der Waals surface area (Å²) in [6.45, 7) is 2.75. The number of aromatic nitrogens is 2. The largest absolute Gasteiger partial charge is 0.339 e. The Hall–Kier alpha value is -0.990. The van der Waals surface area contributed by atoms with Crippen molar-refractivity contribution >= 4 is 10.2 Å². The highest BCUT2D eigenvalue weighted by molar-refractivity contribution is 7.87. The monoisotopic (exact) mass is 314 g/mol. The lowest BCUT2D eigenvalue weighted by atomic mass is 10.00. The second-order valence-corrected chi connectivity index (χ2v) is 7.68. The van der Waals surface area contributed by atoms with Crippen molar-refractivity contribution in [3.8, 4) is 0 Å². The molecule has 8 heteroatoms. The van der Waals surface area contributed by atoms with Crippen LogP contribution in [-0.4, -0.2) is 42.0 Å². The average molecular weight is 314 g/mol. The molecule has 0 bridgehead atoms. The molecule has 1 saturated carbocycles. The Kier molecular flexibility index (Phi) is 4.28. The molecule has 7 nitrogen and oxygen atoms in total. The van der Waals surface area contributed by atoms with E-state index in [-0.39, 0.29) is 12.0 Å². The maximum Gasteiger partial charge on any atom is 0.279 e. The van der Waals surface area contributed by atoms with E-state index in [1.54, 1.807) is 6.92 Å². The van der Waals surface area contributed by atoms with Crippen LogP contribution in [0.2, 0.25) is 0 Å². The molecule has 2 aliphatic rings. The van der Waals surface area contributed by atoms with E-state index in [0.29, 0.717) is 24.8 Å². The van der Waals surface area contributed by atoms with Crippen molar-refractivity contribution < 1.29 is 12.9 Å². The van der Waals surface area contributed by atoms with Gasteiger partial charge < -0.3 is 4.52 Å². The minimum absolute atomic E-state index is 0.0000954. The molecular formula is C13H22N4O3S. The van der Waals surface area contributed by atoms with Gasteiger partial charge in [0, 0.05) is 19.1 Å². The van der Waals surface area contributed by atoms with Gasteiger partial charge in [-0.1, -0.05) is 18.0 Å². The topological polar surface area (TPSA) is 88.3 Å². The fourth-order valence-electron chi connectivity index (χ4n) is 3.17. The van der Waals surface area contributed by atoms with Crippen LogP contribution in [0, 0.1) is 6.92 Å². The summed E-state index contributed by atoms with van der Waals surface area (Å²) in [5, 5.41) is 3.79. The summed E-state index contributed by atoms with van der Waals surface area (Å²) in [5.41, 5.74) is 0. The Morgan fingerprint density at radius 3 is 2.67 bits per heavy atom. The average Bonchev–Trinajstić information content (AvgIpc) is 3.10. The predicted molar refractivity (Wildman–Crippen MR) is 76.9 cm³/mol. The third-order valence-corrected chi connectivity index (χ3v) is 5.93. The van der Waals surface area contributed by atoms with Gasteiger partial charge in [0.25, 0.3) is 10.2 Å². The van der Waals surface area contributed by atoms with Crippen molar-refractivity contribution in [1.29, 1.82) is 0 Å². The van der Waals surface area contributed by atoms with Crippen LogP contribution in [0.4, 0.5) is 0 Å². The van der Waals surface area contributed by atoms with Crippen LogP contribution in [-0.2, 0) is 10.2 Å². The quantitative estimate of drug-likeness (QED) is 0.906. The third kappa shape index (κ3) is 3.44. The number of hydrogen-bond acceptors (Lipinski definition) is 5. The zero-order valence-corrected chi connectivity index (χ0v) is 13.1. The van der Waals surface area contributed by atoms with Crippen molar-refractivity contribution in [2.75, 3.05) is 13.1 Å². The second kappa shape index (κ2) is 6.02. The number of hydrogen-bond donors (Lipinski definition) is 1. The van der Waals surface area contributed by atoms with E-state index in [9.17, 15) is 8.42 Å². The molecule has 2 heterocycles. The number of rotatable bonds is 4. The van der Waals surface area contributed by atoms with Gasteiger partial charge in [0.05, 0.1) is 5.92 Å². The van der Waals surface area contributed by atoms with E-state index in [1.807, 2.05) is 0 Å². The Bertz CT molecular complexity index is 580. The first kappa shape index (κ1) is 14.9. The Labute approximate surface area is 125 Å². The van der Waals surface area contributed by atoms with Crippen molar-refractivity contribution in [2.24, 2.45) is 0 Å². The van der Waals surface area contributed by atoms with Crippen LogP contribution in [0.1, 0.15) is 56.2 Å². The van der Waals surface area contributed by atoms with Crippen LogP contribution in [0.25, 0.3) is 0 Å². The summed E-state index contributed by atoms with van der Waals surface area (Å²) in [7, 11) is -3.41. The van der Waals surface area contributed by atoms with Gasteiger partial charge in [-0.15, -0.1) is 0 Å². The lowest BCUT2D eigenvalue weighted by Crippen LogP contribution is -2.48. The molecule has 0 amide bonds.